The number of carbonyl (C=O) groups excluding carboxylic acids is 1. The predicted octanol–water partition coefficient (Wildman–Crippen LogP) is 12.1. The second-order valence-corrected chi connectivity index (χ2v) is 12.4. The van der Waals surface area contributed by atoms with Crippen molar-refractivity contribution < 1.29 is 19.4 Å². The molecular formula is C36H70O4. The Balaban J connectivity index is 3.35. The molecule has 0 aliphatic carbocycles. The largest absolute Gasteiger partial charge is 0.481 e. The van der Waals surface area contributed by atoms with Crippen LogP contribution in [0.1, 0.15) is 213 Å². The van der Waals surface area contributed by atoms with Crippen molar-refractivity contribution in [3.05, 3.63) is 0 Å². The van der Waals surface area contributed by atoms with Crippen LogP contribution in [-0.2, 0) is 14.3 Å². The molecule has 4 heteroatoms. The van der Waals surface area contributed by atoms with E-state index in [-0.39, 0.29) is 18.5 Å². The van der Waals surface area contributed by atoms with E-state index in [4.69, 9.17) is 9.84 Å². The van der Waals surface area contributed by atoms with Gasteiger partial charge in [0, 0.05) is 12.8 Å². The van der Waals surface area contributed by atoms with Crippen molar-refractivity contribution in [3.8, 4) is 0 Å². The van der Waals surface area contributed by atoms with Gasteiger partial charge in [-0.2, -0.15) is 0 Å². The summed E-state index contributed by atoms with van der Waals surface area (Å²) in [5.74, 6) is -0.778. The minimum Gasteiger partial charge on any atom is -0.481 e. The van der Waals surface area contributed by atoms with Gasteiger partial charge in [0.2, 0.25) is 0 Å². The van der Waals surface area contributed by atoms with Crippen LogP contribution in [0.4, 0.5) is 0 Å². The molecule has 0 radical (unpaired) electrons. The molecule has 1 unspecified atom stereocenters. The highest BCUT2D eigenvalue weighted by Crippen LogP contribution is 2.17. The summed E-state index contributed by atoms with van der Waals surface area (Å²) >= 11 is 0. The lowest BCUT2D eigenvalue weighted by atomic mass is 10.0. The first kappa shape index (κ1) is 38.9. The molecule has 0 saturated heterocycles. The first-order valence-corrected chi connectivity index (χ1v) is 18.0. The third-order valence-corrected chi connectivity index (χ3v) is 8.31. The second-order valence-electron chi connectivity index (χ2n) is 12.4. The smallest absolute Gasteiger partial charge is 0.306 e. The number of hydrogen-bond acceptors (Lipinski definition) is 3. The Bertz CT molecular complexity index is 533. The highest BCUT2D eigenvalue weighted by atomic mass is 16.5. The molecule has 1 N–H and O–H groups in total. The lowest BCUT2D eigenvalue weighted by molar-refractivity contribution is -0.150. The van der Waals surface area contributed by atoms with E-state index < -0.39 is 5.97 Å². The number of carboxylic acid groups (broad SMARTS) is 1. The maximum atomic E-state index is 12.2. The predicted molar refractivity (Wildman–Crippen MR) is 172 cm³/mol. The summed E-state index contributed by atoms with van der Waals surface area (Å²) in [4.78, 5) is 22.8. The minimum atomic E-state index is -0.730. The van der Waals surface area contributed by atoms with Gasteiger partial charge < -0.3 is 9.84 Å². The van der Waals surface area contributed by atoms with Gasteiger partial charge in [-0.1, -0.05) is 168 Å². The molecule has 0 aliphatic rings. The Labute approximate surface area is 250 Å². The van der Waals surface area contributed by atoms with Crippen molar-refractivity contribution in [2.24, 2.45) is 0 Å². The van der Waals surface area contributed by atoms with E-state index in [1.54, 1.807) is 0 Å². The van der Waals surface area contributed by atoms with Crippen LogP contribution in [0.5, 0.6) is 0 Å². The Hall–Kier alpha value is -1.06. The zero-order valence-corrected chi connectivity index (χ0v) is 27.2. The van der Waals surface area contributed by atoms with E-state index in [1.807, 2.05) is 0 Å². The zero-order chi connectivity index (χ0) is 29.4. The summed E-state index contributed by atoms with van der Waals surface area (Å²) in [5, 5.41) is 8.72. The molecule has 0 aliphatic heterocycles. The molecule has 0 rings (SSSR count). The number of ether oxygens (including phenoxy) is 1. The van der Waals surface area contributed by atoms with Gasteiger partial charge in [0.15, 0.2) is 0 Å². The second kappa shape index (κ2) is 32.5. The summed E-state index contributed by atoms with van der Waals surface area (Å²) in [7, 11) is 0. The van der Waals surface area contributed by atoms with E-state index in [0.29, 0.717) is 12.8 Å². The van der Waals surface area contributed by atoms with Gasteiger partial charge in [-0.25, -0.2) is 0 Å². The quantitative estimate of drug-likeness (QED) is 0.0633. The van der Waals surface area contributed by atoms with Crippen LogP contribution in [0.2, 0.25) is 0 Å². The molecule has 0 aromatic carbocycles. The number of aliphatic carboxylic acids is 1. The van der Waals surface area contributed by atoms with Gasteiger partial charge in [0.1, 0.15) is 6.10 Å². The van der Waals surface area contributed by atoms with E-state index in [9.17, 15) is 9.59 Å². The number of unbranched alkanes of at least 4 members (excludes halogenated alkanes) is 24. The van der Waals surface area contributed by atoms with Gasteiger partial charge in [-0.3, -0.25) is 9.59 Å². The third kappa shape index (κ3) is 31.5. The minimum absolute atomic E-state index is 0.00636. The van der Waals surface area contributed by atoms with Crippen LogP contribution >= 0.6 is 0 Å². The van der Waals surface area contributed by atoms with Crippen LogP contribution in [-0.4, -0.2) is 23.1 Å². The SMILES string of the molecule is CCCCCCCCCCCCCCCCCCCCCCCCCC(=O)OC(CCC)CCCCCC(=O)O. The first-order chi connectivity index (χ1) is 19.6. The van der Waals surface area contributed by atoms with E-state index in [1.165, 1.54) is 135 Å². The Morgan fingerprint density at radius 3 is 1.18 bits per heavy atom. The van der Waals surface area contributed by atoms with Crippen molar-refractivity contribution in [2.45, 2.75) is 219 Å². The Kier molecular flexibility index (Phi) is 31.6. The van der Waals surface area contributed by atoms with E-state index in [2.05, 4.69) is 13.8 Å². The van der Waals surface area contributed by atoms with Gasteiger partial charge in [0.25, 0.3) is 0 Å². The van der Waals surface area contributed by atoms with Crippen molar-refractivity contribution >= 4 is 11.9 Å². The number of carboxylic acids is 1. The molecular weight excluding hydrogens is 496 g/mol. The summed E-state index contributed by atoms with van der Waals surface area (Å²) in [6.07, 6.45) is 37.8. The standard InChI is InChI=1S/C36H70O4/c1-3-5-6-7-8-9-10-11-12-13-14-15-16-17-18-19-20-21-22-23-24-25-29-33-36(39)40-34(30-4-2)31-27-26-28-32-35(37)38/h34H,3-33H2,1-2H3,(H,37,38). The maximum absolute atomic E-state index is 12.2. The number of rotatable bonds is 33. The fraction of sp³-hybridized carbons (Fsp3) is 0.944. The summed E-state index contributed by atoms with van der Waals surface area (Å²) in [6, 6.07) is 0. The molecule has 1 atom stereocenters. The molecule has 238 valence electrons. The molecule has 0 spiro atoms. The molecule has 0 amide bonds. The van der Waals surface area contributed by atoms with Gasteiger partial charge in [-0.05, 0) is 32.1 Å². The average molecular weight is 567 g/mol. The normalized spacial score (nSPS) is 12.1. The van der Waals surface area contributed by atoms with E-state index >= 15 is 0 Å². The summed E-state index contributed by atoms with van der Waals surface area (Å²) in [6.45, 7) is 4.41. The molecule has 0 aromatic heterocycles. The van der Waals surface area contributed by atoms with Gasteiger partial charge >= 0.3 is 11.9 Å². The Morgan fingerprint density at radius 2 is 0.800 bits per heavy atom. The number of carbonyl (C=O) groups is 2. The maximum Gasteiger partial charge on any atom is 0.306 e. The van der Waals surface area contributed by atoms with Crippen molar-refractivity contribution in [2.75, 3.05) is 0 Å². The van der Waals surface area contributed by atoms with Crippen molar-refractivity contribution in [1.82, 2.24) is 0 Å². The van der Waals surface area contributed by atoms with E-state index in [0.717, 1.165) is 44.9 Å². The van der Waals surface area contributed by atoms with Crippen LogP contribution in [0.25, 0.3) is 0 Å². The highest BCUT2D eigenvalue weighted by molar-refractivity contribution is 5.69. The molecule has 0 fully saturated rings. The van der Waals surface area contributed by atoms with Crippen LogP contribution in [0.15, 0.2) is 0 Å². The Morgan fingerprint density at radius 1 is 0.450 bits per heavy atom. The van der Waals surface area contributed by atoms with Crippen LogP contribution in [0, 0.1) is 0 Å². The summed E-state index contributed by atoms with van der Waals surface area (Å²) < 4.78 is 5.71. The number of hydrogen-bond donors (Lipinski definition) is 1. The molecule has 0 heterocycles. The van der Waals surface area contributed by atoms with Crippen molar-refractivity contribution in [1.29, 1.82) is 0 Å². The van der Waals surface area contributed by atoms with Gasteiger partial charge in [0.05, 0.1) is 0 Å². The lowest BCUT2D eigenvalue weighted by Gasteiger charge is -2.17. The topological polar surface area (TPSA) is 63.6 Å². The molecule has 40 heavy (non-hydrogen) atoms. The third-order valence-electron chi connectivity index (χ3n) is 8.31. The zero-order valence-electron chi connectivity index (χ0n) is 27.2. The van der Waals surface area contributed by atoms with Crippen LogP contribution < -0.4 is 0 Å². The molecule has 0 bridgehead atoms. The monoisotopic (exact) mass is 567 g/mol. The molecule has 0 aromatic rings. The lowest BCUT2D eigenvalue weighted by Crippen LogP contribution is -2.18. The fourth-order valence-electron chi connectivity index (χ4n) is 5.71. The average Bonchev–Trinajstić information content (AvgIpc) is 2.93. The number of esters is 1. The van der Waals surface area contributed by atoms with Crippen LogP contribution in [0.3, 0.4) is 0 Å². The fourth-order valence-corrected chi connectivity index (χ4v) is 5.71. The molecule has 0 saturated carbocycles. The molecule has 4 nitrogen and oxygen atoms in total. The summed E-state index contributed by atoms with van der Waals surface area (Å²) in [5.41, 5.74) is 0. The highest BCUT2D eigenvalue weighted by Gasteiger charge is 2.13. The first-order valence-electron chi connectivity index (χ1n) is 18.0. The van der Waals surface area contributed by atoms with Crippen molar-refractivity contribution in [3.63, 3.8) is 0 Å². The van der Waals surface area contributed by atoms with Gasteiger partial charge in [-0.15, -0.1) is 0 Å².